The molecule has 0 aliphatic heterocycles. The number of rotatable bonds is 5. The molecule has 1 N–H and O–H groups in total. The van der Waals surface area contributed by atoms with Crippen molar-refractivity contribution in [1.82, 2.24) is 5.32 Å². The molecule has 21 heavy (non-hydrogen) atoms. The van der Waals surface area contributed by atoms with Crippen LogP contribution in [0.25, 0.3) is 0 Å². The summed E-state index contributed by atoms with van der Waals surface area (Å²) in [7, 11) is 0. The highest BCUT2D eigenvalue weighted by Gasteiger charge is 2.37. The second-order valence-corrected chi connectivity index (χ2v) is 7.12. The summed E-state index contributed by atoms with van der Waals surface area (Å²) in [6.07, 6.45) is 1.97. The Kier molecular flexibility index (Phi) is 6.04. The molecule has 1 aliphatic rings. The van der Waals surface area contributed by atoms with Gasteiger partial charge >= 0.3 is 0 Å². The summed E-state index contributed by atoms with van der Waals surface area (Å²) < 4.78 is 27.6. The van der Waals surface area contributed by atoms with Crippen LogP contribution in [0.3, 0.4) is 0 Å². The molecule has 1 atom stereocenters. The van der Waals surface area contributed by atoms with Crippen molar-refractivity contribution in [2.45, 2.75) is 51.0 Å². The smallest absolute Gasteiger partial charge is 0.248 e. The predicted molar refractivity (Wildman–Crippen MR) is 87.2 cm³/mol. The Morgan fingerprint density at radius 3 is 2.62 bits per heavy atom. The van der Waals surface area contributed by atoms with Crippen molar-refractivity contribution in [2.75, 3.05) is 6.54 Å². The first-order valence-electron chi connectivity index (χ1n) is 7.46. The van der Waals surface area contributed by atoms with Gasteiger partial charge in [-0.05, 0) is 49.4 Å². The molecule has 1 aliphatic carbocycles. The number of likely N-dealkylation sites (N-methyl/N-ethyl adjacent to an activating group) is 1. The van der Waals surface area contributed by atoms with Crippen molar-refractivity contribution >= 4 is 27.5 Å². The standard InChI is InChI=1S/C16H21BrClF2N/c1-2-21-15(11-5-7-16(19,20)8-6-11)9-12-3-4-13(17)10-14(12)18/h3-4,10-11,15,21H,2,5-9H2,1H3. The Labute approximate surface area is 138 Å². The van der Waals surface area contributed by atoms with Crippen LogP contribution in [0.1, 0.15) is 38.2 Å². The van der Waals surface area contributed by atoms with E-state index in [0.717, 1.165) is 28.0 Å². The molecule has 1 aromatic rings. The topological polar surface area (TPSA) is 12.0 Å². The Morgan fingerprint density at radius 2 is 2.05 bits per heavy atom. The predicted octanol–water partition coefficient (Wildman–Crippen LogP) is 5.45. The zero-order chi connectivity index (χ0) is 15.5. The van der Waals surface area contributed by atoms with Gasteiger partial charge in [-0.3, -0.25) is 0 Å². The number of halogens is 4. The Bertz CT molecular complexity index is 471. The minimum atomic E-state index is -2.47. The van der Waals surface area contributed by atoms with Crippen LogP contribution in [-0.4, -0.2) is 18.5 Å². The van der Waals surface area contributed by atoms with Crippen LogP contribution in [0.4, 0.5) is 8.78 Å². The second kappa shape index (κ2) is 7.38. The van der Waals surface area contributed by atoms with Gasteiger partial charge < -0.3 is 5.32 Å². The maximum absolute atomic E-state index is 13.3. The quantitative estimate of drug-likeness (QED) is 0.716. The minimum absolute atomic E-state index is 0.00757. The Morgan fingerprint density at radius 1 is 1.38 bits per heavy atom. The summed E-state index contributed by atoms with van der Waals surface area (Å²) in [5.41, 5.74) is 1.07. The highest BCUT2D eigenvalue weighted by Crippen LogP contribution is 2.38. The number of alkyl halides is 2. The van der Waals surface area contributed by atoms with E-state index in [-0.39, 0.29) is 18.9 Å². The number of benzene rings is 1. The monoisotopic (exact) mass is 379 g/mol. The van der Waals surface area contributed by atoms with Crippen molar-refractivity contribution in [2.24, 2.45) is 5.92 Å². The van der Waals surface area contributed by atoms with Crippen molar-refractivity contribution in [3.63, 3.8) is 0 Å². The van der Waals surface area contributed by atoms with Gasteiger partial charge in [0.15, 0.2) is 0 Å². The van der Waals surface area contributed by atoms with E-state index in [2.05, 4.69) is 21.2 Å². The van der Waals surface area contributed by atoms with Gasteiger partial charge in [-0.15, -0.1) is 0 Å². The lowest BCUT2D eigenvalue weighted by Gasteiger charge is -2.34. The molecule has 0 aromatic heterocycles. The first-order valence-corrected chi connectivity index (χ1v) is 8.63. The maximum Gasteiger partial charge on any atom is 0.248 e. The van der Waals surface area contributed by atoms with Gasteiger partial charge in [-0.25, -0.2) is 8.78 Å². The molecule has 1 unspecified atom stereocenters. The zero-order valence-electron chi connectivity index (χ0n) is 12.1. The first kappa shape index (κ1) is 17.2. The van der Waals surface area contributed by atoms with E-state index in [1.54, 1.807) is 0 Å². The summed E-state index contributed by atoms with van der Waals surface area (Å²) >= 11 is 9.68. The summed E-state index contributed by atoms with van der Waals surface area (Å²) in [5, 5.41) is 4.18. The van der Waals surface area contributed by atoms with Crippen LogP contribution in [0, 0.1) is 5.92 Å². The lowest BCUT2D eigenvalue weighted by molar-refractivity contribution is -0.0494. The van der Waals surface area contributed by atoms with Gasteiger partial charge in [0.1, 0.15) is 0 Å². The molecule has 0 heterocycles. The molecule has 2 rings (SSSR count). The molecule has 5 heteroatoms. The van der Waals surface area contributed by atoms with E-state index >= 15 is 0 Å². The van der Waals surface area contributed by atoms with E-state index in [9.17, 15) is 8.78 Å². The molecule has 0 bridgehead atoms. The lowest BCUT2D eigenvalue weighted by atomic mass is 9.80. The van der Waals surface area contributed by atoms with Gasteiger partial charge in [0, 0.05) is 28.4 Å². The van der Waals surface area contributed by atoms with Gasteiger partial charge in [-0.1, -0.05) is 40.5 Å². The van der Waals surface area contributed by atoms with E-state index in [1.165, 1.54) is 0 Å². The number of hydrogen-bond donors (Lipinski definition) is 1. The molecule has 0 saturated heterocycles. The maximum atomic E-state index is 13.3. The highest BCUT2D eigenvalue weighted by molar-refractivity contribution is 9.10. The molecular formula is C16H21BrClF2N. The Hall–Kier alpha value is -0.190. The fourth-order valence-corrected chi connectivity index (χ4v) is 3.81. The molecule has 1 aromatic carbocycles. The fourth-order valence-electron chi connectivity index (χ4n) is 3.06. The minimum Gasteiger partial charge on any atom is -0.314 e. The van der Waals surface area contributed by atoms with Crippen LogP contribution in [0.2, 0.25) is 5.02 Å². The molecule has 1 nitrogen and oxygen atoms in total. The molecule has 0 radical (unpaired) electrons. The summed E-state index contributed by atoms with van der Waals surface area (Å²) in [6, 6.07) is 6.08. The molecule has 1 saturated carbocycles. The third kappa shape index (κ3) is 4.90. The highest BCUT2D eigenvalue weighted by atomic mass is 79.9. The van der Waals surface area contributed by atoms with Crippen LogP contribution < -0.4 is 5.32 Å². The normalized spacial score (nSPS) is 20.4. The van der Waals surface area contributed by atoms with E-state index in [1.807, 2.05) is 25.1 Å². The average molecular weight is 381 g/mol. The first-order chi connectivity index (χ1) is 9.91. The Balaban J connectivity index is 2.05. The van der Waals surface area contributed by atoms with Crippen LogP contribution in [-0.2, 0) is 6.42 Å². The summed E-state index contributed by atoms with van der Waals surface area (Å²) in [6.45, 7) is 2.89. The van der Waals surface area contributed by atoms with Crippen molar-refractivity contribution < 1.29 is 8.78 Å². The summed E-state index contributed by atoms with van der Waals surface area (Å²) in [5.74, 6) is -2.17. The van der Waals surface area contributed by atoms with Gasteiger partial charge in [0.25, 0.3) is 0 Å². The molecule has 0 amide bonds. The lowest BCUT2D eigenvalue weighted by Crippen LogP contribution is -2.41. The van der Waals surface area contributed by atoms with E-state index in [0.29, 0.717) is 18.8 Å². The molecule has 1 fully saturated rings. The number of nitrogens with one attached hydrogen (secondary N) is 1. The molecular weight excluding hydrogens is 360 g/mol. The molecule has 118 valence electrons. The third-order valence-electron chi connectivity index (χ3n) is 4.25. The average Bonchev–Trinajstić information content (AvgIpc) is 2.41. The zero-order valence-corrected chi connectivity index (χ0v) is 14.5. The van der Waals surface area contributed by atoms with E-state index < -0.39 is 5.92 Å². The van der Waals surface area contributed by atoms with Crippen molar-refractivity contribution in [1.29, 1.82) is 0 Å². The molecule has 0 spiro atoms. The van der Waals surface area contributed by atoms with Gasteiger partial charge in [0.2, 0.25) is 5.92 Å². The number of hydrogen-bond acceptors (Lipinski definition) is 1. The summed E-state index contributed by atoms with van der Waals surface area (Å²) in [4.78, 5) is 0. The van der Waals surface area contributed by atoms with Crippen LogP contribution in [0.15, 0.2) is 22.7 Å². The second-order valence-electron chi connectivity index (χ2n) is 5.80. The van der Waals surface area contributed by atoms with Crippen molar-refractivity contribution in [3.8, 4) is 0 Å². The van der Waals surface area contributed by atoms with Crippen LogP contribution in [0.5, 0.6) is 0 Å². The van der Waals surface area contributed by atoms with Crippen LogP contribution >= 0.6 is 27.5 Å². The third-order valence-corrected chi connectivity index (χ3v) is 5.10. The van der Waals surface area contributed by atoms with Gasteiger partial charge in [-0.2, -0.15) is 0 Å². The van der Waals surface area contributed by atoms with Gasteiger partial charge in [0.05, 0.1) is 0 Å². The fraction of sp³-hybridized carbons (Fsp3) is 0.625. The largest absolute Gasteiger partial charge is 0.314 e. The SMILES string of the molecule is CCNC(Cc1ccc(Br)cc1Cl)C1CCC(F)(F)CC1. The van der Waals surface area contributed by atoms with Crippen molar-refractivity contribution in [3.05, 3.63) is 33.3 Å². The van der Waals surface area contributed by atoms with E-state index in [4.69, 9.17) is 11.6 Å².